The van der Waals surface area contributed by atoms with Crippen LogP contribution in [0.5, 0.6) is 0 Å². The van der Waals surface area contributed by atoms with Gasteiger partial charge in [-0.2, -0.15) is 5.10 Å². The van der Waals surface area contributed by atoms with Crippen LogP contribution in [0.1, 0.15) is 16.3 Å². The fourth-order valence-electron chi connectivity index (χ4n) is 1.53. The van der Waals surface area contributed by atoms with Gasteiger partial charge in [0.15, 0.2) is 5.13 Å². The van der Waals surface area contributed by atoms with E-state index in [9.17, 15) is 8.42 Å². The molecule has 0 aliphatic carbocycles. The van der Waals surface area contributed by atoms with Gasteiger partial charge in [-0.1, -0.05) is 0 Å². The Balaban J connectivity index is 2.39. The molecule has 0 aromatic carbocycles. The number of aromatic nitrogens is 3. The van der Waals surface area contributed by atoms with Gasteiger partial charge in [-0.15, -0.1) is 11.3 Å². The Kier molecular flexibility index (Phi) is 3.37. The standard InChI is InChI=1S/C9H13N5O2S2/c1-5-4-11-9(17-5)14-18(15,16)8-6(2)12-13-7(8)3-10/h4H,3,10H2,1-2H3,(H,11,14)(H,12,13). The lowest BCUT2D eigenvalue weighted by Crippen LogP contribution is -2.16. The lowest BCUT2D eigenvalue weighted by atomic mass is 10.4. The van der Waals surface area contributed by atoms with Crippen molar-refractivity contribution >= 4 is 26.5 Å². The van der Waals surface area contributed by atoms with Crippen molar-refractivity contribution in [2.75, 3.05) is 4.72 Å². The number of H-pyrrole nitrogens is 1. The first-order valence-electron chi connectivity index (χ1n) is 5.13. The van der Waals surface area contributed by atoms with Crippen LogP contribution in [0.2, 0.25) is 0 Å². The average Bonchev–Trinajstić information content (AvgIpc) is 2.84. The second kappa shape index (κ2) is 4.67. The largest absolute Gasteiger partial charge is 0.325 e. The zero-order valence-corrected chi connectivity index (χ0v) is 11.5. The molecule has 0 saturated heterocycles. The molecule has 0 atom stereocenters. The highest BCUT2D eigenvalue weighted by atomic mass is 32.2. The number of anilines is 1. The van der Waals surface area contributed by atoms with Gasteiger partial charge in [-0.05, 0) is 13.8 Å². The van der Waals surface area contributed by atoms with Gasteiger partial charge in [0.1, 0.15) is 4.90 Å². The van der Waals surface area contributed by atoms with Crippen LogP contribution in [0.25, 0.3) is 0 Å². The van der Waals surface area contributed by atoms with Gasteiger partial charge >= 0.3 is 0 Å². The molecule has 0 aliphatic heterocycles. The van der Waals surface area contributed by atoms with Crippen LogP contribution in [0.15, 0.2) is 11.1 Å². The predicted octanol–water partition coefficient (Wildman–Crippen LogP) is 0.743. The highest BCUT2D eigenvalue weighted by Gasteiger charge is 2.24. The van der Waals surface area contributed by atoms with Crippen LogP contribution in [0.3, 0.4) is 0 Å². The van der Waals surface area contributed by atoms with E-state index in [1.165, 1.54) is 11.3 Å². The summed E-state index contributed by atoms with van der Waals surface area (Å²) >= 11 is 1.27. The van der Waals surface area contributed by atoms with Crippen molar-refractivity contribution in [1.29, 1.82) is 0 Å². The zero-order chi connectivity index (χ0) is 13.3. The number of nitrogens with zero attached hydrogens (tertiary/aromatic N) is 2. The first-order chi connectivity index (χ1) is 8.44. The van der Waals surface area contributed by atoms with E-state index in [1.54, 1.807) is 13.1 Å². The van der Waals surface area contributed by atoms with Crippen LogP contribution in [-0.4, -0.2) is 23.6 Å². The summed E-state index contributed by atoms with van der Waals surface area (Å²) in [5, 5.41) is 6.81. The zero-order valence-electron chi connectivity index (χ0n) is 9.89. The normalized spacial score (nSPS) is 11.7. The summed E-state index contributed by atoms with van der Waals surface area (Å²) in [7, 11) is -3.71. The molecule has 0 fully saturated rings. The van der Waals surface area contributed by atoms with Gasteiger partial charge < -0.3 is 5.73 Å². The summed E-state index contributed by atoms with van der Waals surface area (Å²) in [5.41, 5.74) is 6.24. The maximum Gasteiger partial charge on any atom is 0.267 e. The monoisotopic (exact) mass is 287 g/mol. The number of nitrogens with one attached hydrogen (secondary N) is 2. The van der Waals surface area contributed by atoms with E-state index in [1.807, 2.05) is 6.92 Å². The summed E-state index contributed by atoms with van der Waals surface area (Å²) in [6.07, 6.45) is 1.61. The Morgan fingerprint density at radius 1 is 1.50 bits per heavy atom. The first kappa shape index (κ1) is 13.0. The molecule has 9 heteroatoms. The molecule has 0 amide bonds. The summed E-state index contributed by atoms with van der Waals surface area (Å²) in [5.74, 6) is 0. The summed E-state index contributed by atoms with van der Waals surface area (Å²) in [6, 6.07) is 0. The molecule has 18 heavy (non-hydrogen) atoms. The summed E-state index contributed by atoms with van der Waals surface area (Å²) < 4.78 is 26.8. The van der Waals surface area contributed by atoms with Crippen LogP contribution >= 0.6 is 11.3 Å². The Hall–Kier alpha value is -1.45. The third-order valence-electron chi connectivity index (χ3n) is 2.27. The van der Waals surface area contributed by atoms with E-state index in [-0.39, 0.29) is 11.4 Å². The van der Waals surface area contributed by atoms with Crippen molar-refractivity contribution in [3.8, 4) is 0 Å². The van der Waals surface area contributed by atoms with Gasteiger partial charge in [0.05, 0.1) is 11.4 Å². The first-order valence-corrected chi connectivity index (χ1v) is 7.43. The summed E-state index contributed by atoms with van der Waals surface area (Å²) in [6.45, 7) is 3.54. The van der Waals surface area contributed by atoms with Gasteiger partial charge in [-0.25, -0.2) is 13.4 Å². The van der Waals surface area contributed by atoms with Gasteiger partial charge in [-0.3, -0.25) is 9.82 Å². The van der Waals surface area contributed by atoms with E-state index in [4.69, 9.17) is 5.73 Å². The number of hydrogen-bond donors (Lipinski definition) is 3. The molecule has 7 nitrogen and oxygen atoms in total. The van der Waals surface area contributed by atoms with Crippen molar-refractivity contribution in [1.82, 2.24) is 15.2 Å². The number of hydrogen-bond acceptors (Lipinski definition) is 6. The van der Waals surface area contributed by atoms with Gasteiger partial charge in [0.2, 0.25) is 0 Å². The minimum atomic E-state index is -3.71. The van der Waals surface area contributed by atoms with Crippen molar-refractivity contribution in [3.05, 3.63) is 22.5 Å². The number of sulfonamides is 1. The van der Waals surface area contributed by atoms with Crippen LogP contribution in [-0.2, 0) is 16.6 Å². The second-order valence-electron chi connectivity index (χ2n) is 3.71. The smallest absolute Gasteiger partial charge is 0.267 e. The third kappa shape index (κ3) is 2.37. The molecule has 98 valence electrons. The Bertz CT molecular complexity index is 658. The Morgan fingerprint density at radius 2 is 2.22 bits per heavy atom. The maximum atomic E-state index is 12.2. The Morgan fingerprint density at radius 3 is 2.78 bits per heavy atom. The quantitative estimate of drug-likeness (QED) is 0.767. The molecule has 2 heterocycles. The fourth-order valence-corrected chi connectivity index (χ4v) is 3.82. The number of rotatable bonds is 4. The molecule has 0 saturated carbocycles. The third-order valence-corrected chi connectivity index (χ3v) is 4.77. The molecule has 2 rings (SSSR count). The molecule has 0 bridgehead atoms. The molecule has 0 unspecified atom stereocenters. The van der Waals surface area contributed by atoms with Crippen LogP contribution in [0, 0.1) is 13.8 Å². The second-order valence-corrected chi connectivity index (χ2v) is 6.56. The van der Waals surface area contributed by atoms with Crippen molar-refractivity contribution in [2.24, 2.45) is 5.73 Å². The lowest BCUT2D eigenvalue weighted by Gasteiger charge is -2.05. The predicted molar refractivity (Wildman–Crippen MR) is 68.9 cm³/mol. The summed E-state index contributed by atoms with van der Waals surface area (Å²) in [4.78, 5) is 4.98. The topological polar surface area (TPSA) is 114 Å². The maximum absolute atomic E-state index is 12.2. The van der Waals surface area contributed by atoms with Gasteiger partial charge in [0, 0.05) is 17.6 Å². The van der Waals surface area contributed by atoms with Crippen molar-refractivity contribution < 1.29 is 8.42 Å². The van der Waals surface area contributed by atoms with E-state index in [0.717, 1.165) is 4.88 Å². The van der Waals surface area contributed by atoms with E-state index in [2.05, 4.69) is 19.9 Å². The number of aryl methyl sites for hydroxylation is 2. The fraction of sp³-hybridized carbons (Fsp3) is 0.333. The molecular weight excluding hydrogens is 274 g/mol. The number of thiazole rings is 1. The SMILES string of the molecule is Cc1cnc(NS(=O)(=O)c2c(CN)n[nH]c2C)s1. The molecule has 0 aliphatic rings. The number of aromatic amines is 1. The molecule has 0 spiro atoms. The van der Waals surface area contributed by atoms with Gasteiger partial charge in [0.25, 0.3) is 10.0 Å². The molecule has 2 aromatic heterocycles. The van der Waals surface area contributed by atoms with Crippen LogP contribution < -0.4 is 10.5 Å². The van der Waals surface area contributed by atoms with E-state index >= 15 is 0 Å². The van der Waals surface area contributed by atoms with E-state index in [0.29, 0.717) is 16.5 Å². The average molecular weight is 287 g/mol. The molecule has 2 aromatic rings. The van der Waals surface area contributed by atoms with E-state index < -0.39 is 10.0 Å². The molecular formula is C9H13N5O2S2. The highest BCUT2D eigenvalue weighted by molar-refractivity contribution is 7.93. The Labute approximate surface area is 108 Å². The minimum absolute atomic E-state index is 0.0531. The van der Waals surface area contributed by atoms with Crippen molar-refractivity contribution in [2.45, 2.75) is 25.3 Å². The highest BCUT2D eigenvalue weighted by Crippen LogP contribution is 2.23. The van der Waals surface area contributed by atoms with Crippen LogP contribution in [0.4, 0.5) is 5.13 Å². The minimum Gasteiger partial charge on any atom is -0.325 e. The molecule has 4 N–H and O–H groups in total. The van der Waals surface area contributed by atoms with Crippen molar-refractivity contribution in [3.63, 3.8) is 0 Å². The lowest BCUT2D eigenvalue weighted by molar-refractivity contribution is 0.599. The number of nitrogens with two attached hydrogens (primary N) is 1. The molecule has 0 radical (unpaired) electrons.